The Morgan fingerprint density at radius 1 is 1.40 bits per heavy atom. The molecule has 1 aromatic carbocycles. The van der Waals surface area contributed by atoms with Crippen molar-refractivity contribution in [2.24, 2.45) is 0 Å². The zero-order valence-corrected chi connectivity index (χ0v) is 12.1. The largest absolute Gasteiger partial charge is 0.478 e. The summed E-state index contributed by atoms with van der Waals surface area (Å²) < 4.78 is 26.4. The molecule has 0 amide bonds. The summed E-state index contributed by atoms with van der Waals surface area (Å²) in [6, 6.07) is 5.58. The van der Waals surface area contributed by atoms with Gasteiger partial charge in [0.15, 0.2) is 0 Å². The molecular weight excluding hydrogens is 282 g/mol. The number of carboxylic acids is 1. The second kappa shape index (κ2) is 7.37. The highest BCUT2D eigenvalue weighted by Crippen LogP contribution is 2.10. The molecule has 0 aliphatic heterocycles. The maximum absolute atomic E-state index is 11.9. The molecular formula is C13H19NO5S. The Kier molecular flexibility index (Phi) is 6.12. The fraction of sp³-hybridized carbons (Fsp3) is 0.462. The predicted molar refractivity (Wildman–Crippen MR) is 74.9 cm³/mol. The third-order valence-electron chi connectivity index (χ3n) is 2.71. The Hall–Kier alpha value is -1.44. The van der Waals surface area contributed by atoms with E-state index in [1.165, 1.54) is 18.2 Å². The van der Waals surface area contributed by atoms with Gasteiger partial charge in [-0.05, 0) is 37.5 Å². The lowest BCUT2D eigenvalue weighted by atomic mass is 10.1. The molecule has 0 bridgehead atoms. The standard InChI is InChI=1S/C13H19NO5S/c1-10(4-3-7-15)14-20(18,19)9-11-5-2-6-12(8-11)13(16)17/h2,5-6,8,10,14-15H,3-4,7,9H2,1H3,(H,16,17). The van der Waals surface area contributed by atoms with Crippen molar-refractivity contribution in [3.8, 4) is 0 Å². The number of nitrogens with one attached hydrogen (secondary N) is 1. The predicted octanol–water partition coefficient (Wildman–Crippen LogP) is 0.965. The molecule has 0 aliphatic rings. The molecule has 0 saturated carbocycles. The summed E-state index contributed by atoms with van der Waals surface area (Å²) in [5.41, 5.74) is 0.484. The first-order valence-electron chi connectivity index (χ1n) is 6.27. The highest BCUT2D eigenvalue weighted by Gasteiger charge is 2.16. The lowest BCUT2D eigenvalue weighted by Gasteiger charge is -2.13. The van der Waals surface area contributed by atoms with Crippen LogP contribution in [0.15, 0.2) is 24.3 Å². The first-order valence-corrected chi connectivity index (χ1v) is 7.92. The van der Waals surface area contributed by atoms with Gasteiger partial charge in [-0.25, -0.2) is 17.9 Å². The zero-order chi connectivity index (χ0) is 15.2. The Balaban J connectivity index is 2.71. The van der Waals surface area contributed by atoms with Crippen molar-refractivity contribution in [2.45, 2.75) is 31.6 Å². The quantitative estimate of drug-likeness (QED) is 0.663. The molecule has 0 spiro atoms. The van der Waals surface area contributed by atoms with Crippen molar-refractivity contribution in [3.05, 3.63) is 35.4 Å². The third kappa shape index (κ3) is 5.68. The van der Waals surface area contributed by atoms with E-state index < -0.39 is 16.0 Å². The van der Waals surface area contributed by atoms with Gasteiger partial charge in [-0.1, -0.05) is 12.1 Å². The smallest absolute Gasteiger partial charge is 0.335 e. The fourth-order valence-corrected chi connectivity index (χ4v) is 3.25. The van der Waals surface area contributed by atoms with Gasteiger partial charge in [-0.3, -0.25) is 0 Å². The van der Waals surface area contributed by atoms with Crippen LogP contribution < -0.4 is 4.72 Å². The van der Waals surface area contributed by atoms with Gasteiger partial charge in [-0.15, -0.1) is 0 Å². The maximum atomic E-state index is 11.9. The minimum Gasteiger partial charge on any atom is -0.478 e. The van der Waals surface area contributed by atoms with Crippen molar-refractivity contribution in [1.82, 2.24) is 4.72 Å². The van der Waals surface area contributed by atoms with E-state index in [4.69, 9.17) is 10.2 Å². The Bertz CT molecular complexity index is 556. The van der Waals surface area contributed by atoms with Gasteiger partial charge in [0.1, 0.15) is 0 Å². The van der Waals surface area contributed by atoms with Crippen molar-refractivity contribution in [1.29, 1.82) is 0 Å². The summed E-state index contributed by atoms with van der Waals surface area (Å²) in [5, 5.41) is 17.6. The molecule has 1 atom stereocenters. The van der Waals surface area contributed by atoms with E-state index in [0.717, 1.165) is 0 Å². The minimum atomic E-state index is -3.53. The molecule has 0 aromatic heterocycles. The van der Waals surface area contributed by atoms with Gasteiger partial charge in [0.25, 0.3) is 0 Å². The van der Waals surface area contributed by atoms with E-state index in [1.54, 1.807) is 13.0 Å². The molecule has 1 aromatic rings. The average Bonchev–Trinajstić information content (AvgIpc) is 2.35. The SMILES string of the molecule is CC(CCCO)NS(=O)(=O)Cc1cccc(C(=O)O)c1. The second-order valence-corrected chi connectivity index (χ2v) is 6.40. The summed E-state index contributed by atoms with van der Waals surface area (Å²) >= 11 is 0. The van der Waals surface area contributed by atoms with E-state index >= 15 is 0 Å². The van der Waals surface area contributed by atoms with E-state index in [9.17, 15) is 13.2 Å². The van der Waals surface area contributed by atoms with Crippen LogP contribution in [0.5, 0.6) is 0 Å². The first-order chi connectivity index (χ1) is 9.34. The fourth-order valence-electron chi connectivity index (χ4n) is 1.82. The molecule has 7 heteroatoms. The van der Waals surface area contributed by atoms with Crippen LogP contribution in [-0.2, 0) is 15.8 Å². The number of aliphatic hydroxyl groups is 1. The van der Waals surface area contributed by atoms with Crippen LogP contribution in [0.4, 0.5) is 0 Å². The molecule has 1 unspecified atom stereocenters. The number of hydrogen-bond donors (Lipinski definition) is 3. The van der Waals surface area contributed by atoms with Gasteiger partial charge in [0.05, 0.1) is 11.3 Å². The van der Waals surface area contributed by atoms with Gasteiger partial charge >= 0.3 is 5.97 Å². The highest BCUT2D eigenvalue weighted by atomic mass is 32.2. The summed E-state index contributed by atoms with van der Waals surface area (Å²) in [5.74, 6) is -1.36. The third-order valence-corrected chi connectivity index (χ3v) is 4.18. The Labute approximate surface area is 118 Å². The summed E-state index contributed by atoms with van der Waals surface area (Å²) in [7, 11) is -3.53. The second-order valence-electron chi connectivity index (χ2n) is 4.65. The number of aliphatic hydroxyl groups excluding tert-OH is 1. The van der Waals surface area contributed by atoms with Gasteiger partial charge in [-0.2, -0.15) is 0 Å². The molecule has 1 rings (SSSR count). The normalized spacial score (nSPS) is 13.1. The molecule has 6 nitrogen and oxygen atoms in total. The van der Waals surface area contributed by atoms with Crippen LogP contribution in [0, 0.1) is 0 Å². The van der Waals surface area contributed by atoms with E-state index in [1.807, 2.05) is 0 Å². The number of carboxylic acid groups (broad SMARTS) is 1. The van der Waals surface area contributed by atoms with Crippen LogP contribution in [0.1, 0.15) is 35.7 Å². The number of sulfonamides is 1. The van der Waals surface area contributed by atoms with Crippen LogP contribution in [0.25, 0.3) is 0 Å². The molecule has 0 radical (unpaired) electrons. The highest BCUT2D eigenvalue weighted by molar-refractivity contribution is 7.88. The van der Waals surface area contributed by atoms with Crippen molar-refractivity contribution in [2.75, 3.05) is 6.61 Å². The molecule has 0 fully saturated rings. The van der Waals surface area contributed by atoms with E-state index in [0.29, 0.717) is 18.4 Å². The lowest BCUT2D eigenvalue weighted by Crippen LogP contribution is -2.33. The van der Waals surface area contributed by atoms with Gasteiger partial charge in [0, 0.05) is 12.6 Å². The molecule has 0 heterocycles. The summed E-state index contributed by atoms with van der Waals surface area (Å²) in [4.78, 5) is 10.8. The topological polar surface area (TPSA) is 104 Å². The Morgan fingerprint density at radius 2 is 2.10 bits per heavy atom. The van der Waals surface area contributed by atoms with Crippen molar-refractivity contribution >= 4 is 16.0 Å². The van der Waals surface area contributed by atoms with E-state index in [2.05, 4.69) is 4.72 Å². The zero-order valence-electron chi connectivity index (χ0n) is 11.2. The summed E-state index contributed by atoms with van der Waals surface area (Å²) in [6.45, 7) is 1.74. The average molecular weight is 301 g/mol. The van der Waals surface area contributed by atoms with Gasteiger partial charge < -0.3 is 10.2 Å². The monoisotopic (exact) mass is 301 g/mol. The molecule has 3 N–H and O–H groups in total. The van der Waals surface area contributed by atoms with E-state index in [-0.39, 0.29) is 24.0 Å². The van der Waals surface area contributed by atoms with Crippen molar-refractivity contribution in [3.63, 3.8) is 0 Å². The molecule has 112 valence electrons. The minimum absolute atomic E-state index is 0.0206. The number of aromatic carboxylic acids is 1. The van der Waals surface area contributed by atoms with Crippen LogP contribution in [-0.4, -0.2) is 37.2 Å². The number of rotatable bonds is 8. The van der Waals surface area contributed by atoms with Crippen molar-refractivity contribution < 1.29 is 23.4 Å². The first kappa shape index (κ1) is 16.6. The van der Waals surface area contributed by atoms with Crippen LogP contribution >= 0.6 is 0 Å². The van der Waals surface area contributed by atoms with Gasteiger partial charge in [0.2, 0.25) is 10.0 Å². The van der Waals surface area contributed by atoms with Crippen LogP contribution in [0.2, 0.25) is 0 Å². The molecule has 0 aliphatic carbocycles. The number of carbonyl (C=O) groups is 1. The lowest BCUT2D eigenvalue weighted by molar-refractivity contribution is 0.0696. The molecule has 20 heavy (non-hydrogen) atoms. The maximum Gasteiger partial charge on any atom is 0.335 e. The number of benzene rings is 1. The molecule has 0 saturated heterocycles. The number of hydrogen-bond acceptors (Lipinski definition) is 4. The summed E-state index contributed by atoms with van der Waals surface area (Å²) in [6.07, 6.45) is 1.07. The Morgan fingerprint density at radius 3 is 2.70 bits per heavy atom. The van der Waals surface area contributed by atoms with Crippen LogP contribution in [0.3, 0.4) is 0 Å².